The lowest BCUT2D eigenvalue weighted by Gasteiger charge is -2.09. The summed E-state index contributed by atoms with van der Waals surface area (Å²) in [6, 6.07) is 7.68. The van der Waals surface area contributed by atoms with Crippen molar-refractivity contribution < 1.29 is 4.79 Å². The van der Waals surface area contributed by atoms with Gasteiger partial charge in [0.15, 0.2) is 0 Å². The van der Waals surface area contributed by atoms with Crippen LogP contribution in [0.15, 0.2) is 24.3 Å². The lowest BCUT2D eigenvalue weighted by atomic mass is 9.93. The maximum Gasteiger partial charge on any atom is 0.130 e. The predicted molar refractivity (Wildman–Crippen MR) is 51.4 cm³/mol. The second-order valence-corrected chi connectivity index (χ2v) is 3.46. The van der Waals surface area contributed by atoms with Crippen LogP contribution in [0.25, 0.3) is 0 Å². The zero-order valence-electron chi connectivity index (χ0n) is 7.29. The molecule has 1 fully saturated rings. The van der Waals surface area contributed by atoms with E-state index in [1.54, 1.807) is 0 Å². The molecular formula is C12H10O. The van der Waals surface area contributed by atoms with Crippen LogP contribution >= 0.6 is 0 Å². The fourth-order valence-corrected chi connectivity index (χ4v) is 1.63. The van der Waals surface area contributed by atoms with E-state index in [-0.39, 0.29) is 5.41 Å². The van der Waals surface area contributed by atoms with Gasteiger partial charge >= 0.3 is 0 Å². The van der Waals surface area contributed by atoms with Crippen LogP contribution in [-0.4, -0.2) is 6.29 Å². The number of carbonyl (C=O) groups is 1. The molecule has 1 aliphatic rings. The summed E-state index contributed by atoms with van der Waals surface area (Å²) in [5.74, 6) is 2.62. The number of aldehydes is 1. The number of rotatable bonds is 2. The molecule has 1 nitrogen and oxygen atoms in total. The molecule has 1 heteroatoms. The first-order chi connectivity index (χ1) is 6.32. The van der Waals surface area contributed by atoms with Crippen molar-refractivity contribution in [1.29, 1.82) is 0 Å². The molecule has 1 aliphatic carbocycles. The Labute approximate surface area is 77.8 Å². The highest BCUT2D eigenvalue weighted by Gasteiger charge is 2.45. The molecular weight excluding hydrogens is 160 g/mol. The first-order valence-electron chi connectivity index (χ1n) is 4.35. The van der Waals surface area contributed by atoms with Gasteiger partial charge in [0.1, 0.15) is 6.29 Å². The highest BCUT2D eigenvalue weighted by Crippen LogP contribution is 2.47. The maximum absolute atomic E-state index is 10.9. The highest BCUT2D eigenvalue weighted by atomic mass is 16.1. The average Bonchev–Trinajstić information content (AvgIpc) is 2.98. The van der Waals surface area contributed by atoms with Gasteiger partial charge in [-0.15, -0.1) is 6.42 Å². The summed E-state index contributed by atoms with van der Waals surface area (Å²) in [4.78, 5) is 10.9. The minimum absolute atomic E-state index is 0.247. The topological polar surface area (TPSA) is 17.1 Å². The minimum atomic E-state index is -0.247. The summed E-state index contributed by atoms with van der Waals surface area (Å²) in [7, 11) is 0. The van der Waals surface area contributed by atoms with Crippen LogP contribution < -0.4 is 0 Å². The molecule has 13 heavy (non-hydrogen) atoms. The van der Waals surface area contributed by atoms with Gasteiger partial charge in [0, 0.05) is 5.56 Å². The van der Waals surface area contributed by atoms with E-state index in [0.29, 0.717) is 0 Å². The van der Waals surface area contributed by atoms with Crippen molar-refractivity contribution in [2.24, 2.45) is 0 Å². The van der Waals surface area contributed by atoms with Crippen LogP contribution in [0.4, 0.5) is 0 Å². The van der Waals surface area contributed by atoms with Crippen molar-refractivity contribution in [3.63, 3.8) is 0 Å². The molecule has 0 unspecified atom stereocenters. The Bertz CT molecular complexity index is 380. The van der Waals surface area contributed by atoms with Gasteiger partial charge in [0.05, 0.1) is 5.41 Å². The lowest BCUT2D eigenvalue weighted by molar-refractivity contribution is -0.109. The standard InChI is InChI=1S/C12H10O/c1-2-10-5-3-4-6-11(10)12(9-13)7-8-12/h1,3-6,9H,7-8H2. The van der Waals surface area contributed by atoms with Gasteiger partial charge in [-0.2, -0.15) is 0 Å². The molecule has 64 valence electrons. The Hall–Kier alpha value is -1.55. The number of carbonyl (C=O) groups excluding carboxylic acids is 1. The van der Waals surface area contributed by atoms with Crippen molar-refractivity contribution in [3.05, 3.63) is 35.4 Å². The fourth-order valence-electron chi connectivity index (χ4n) is 1.63. The van der Waals surface area contributed by atoms with Crippen molar-refractivity contribution in [2.45, 2.75) is 18.3 Å². The van der Waals surface area contributed by atoms with E-state index in [1.165, 1.54) is 0 Å². The van der Waals surface area contributed by atoms with Gasteiger partial charge in [-0.05, 0) is 24.5 Å². The third-order valence-corrected chi connectivity index (χ3v) is 2.63. The quantitative estimate of drug-likeness (QED) is 0.489. The van der Waals surface area contributed by atoms with Gasteiger partial charge in [-0.25, -0.2) is 0 Å². The molecule has 0 aliphatic heterocycles. The van der Waals surface area contributed by atoms with Crippen LogP contribution in [0.3, 0.4) is 0 Å². The molecule has 0 heterocycles. The minimum Gasteiger partial charge on any atom is -0.302 e. The molecule has 1 aromatic carbocycles. The molecule has 0 atom stereocenters. The monoisotopic (exact) mass is 170 g/mol. The Morgan fingerprint density at radius 2 is 2.08 bits per heavy atom. The van der Waals surface area contributed by atoms with Crippen molar-refractivity contribution in [2.75, 3.05) is 0 Å². The van der Waals surface area contributed by atoms with E-state index < -0.39 is 0 Å². The smallest absolute Gasteiger partial charge is 0.130 e. The number of hydrogen-bond donors (Lipinski definition) is 0. The first-order valence-corrected chi connectivity index (χ1v) is 4.35. The van der Waals surface area contributed by atoms with Crippen LogP contribution in [0.2, 0.25) is 0 Å². The summed E-state index contributed by atoms with van der Waals surface area (Å²) >= 11 is 0. The third kappa shape index (κ3) is 1.15. The van der Waals surface area contributed by atoms with Crippen LogP contribution in [0.1, 0.15) is 24.0 Å². The Morgan fingerprint density at radius 3 is 2.62 bits per heavy atom. The second kappa shape index (κ2) is 2.74. The molecule has 0 aromatic heterocycles. The molecule has 2 rings (SSSR count). The largest absolute Gasteiger partial charge is 0.302 e. The zero-order valence-corrected chi connectivity index (χ0v) is 7.29. The first kappa shape index (κ1) is 8.07. The van der Waals surface area contributed by atoms with Gasteiger partial charge < -0.3 is 4.79 Å². The van der Waals surface area contributed by atoms with Crippen molar-refractivity contribution >= 4 is 6.29 Å². The maximum atomic E-state index is 10.9. The Morgan fingerprint density at radius 1 is 1.38 bits per heavy atom. The Balaban J connectivity index is 2.52. The lowest BCUT2D eigenvalue weighted by Crippen LogP contribution is -2.09. The molecule has 1 aromatic rings. The fraction of sp³-hybridized carbons (Fsp3) is 0.250. The van der Waals surface area contributed by atoms with Crippen molar-refractivity contribution in [1.82, 2.24) is 0 Å². The second-order valence-electron chi connectivity index (χ2n) is 3.46. The summed E-state index contributed by atoms with van der Waals surface area (Å²) in [6.45, 7) is 0. The number of terminal acetylenes is 1. The highest BCUT2D eigenvalue weighted by molar-refractivity contribution is 5.75. The molecule has 0 radical (unpaired) electrons. The summed E-state index contributed by atoms with van der Waals surface area (Å²) in [5, 5.41) is 0. The number of benzene rings is 1. The summed E-state index contributed by atoms with van der Waals surface area (Å²) in [5.41, 5.74) is 1.63. The zero-order chi connectivity index (χ0) is 9.31. The molecule has 0 bridgehead atoms. The van der Waals surface area contributed by atoms with Gasteiger partial charge in [-0.3, -0.25) is 0 Å². The van der Waals surface area contributed by atoms with E-state index in [1.807, 2.05) is 24.3 Å². The third-order valence-electron chi connectivity index (χ3n) is 2.63. The normalized spacial score (nSPS) is 17.5. The van der Waals surface area contributed by atoms with E-state index >= 15 is 0 Å². The van der Waals surface area contributed by atoms with E-state index in [9.17, 15) is 4.79 Å². The molecule has 1 saturated carbocycles. The SMILES string of the molecule is C#Cc1ccccc1C1(C=O)CC1. The van der Waals surface area contributed by atoms with E-state index in [2.05, 4.69) is 5.92 Å². The number of hydrogen-bond acceptors (Lipinski definition) is 1. The Kier molecular flexibility index (Phi) is 1.70. The van der Waals surface area contributed by atoms with Gasteiger partial charge in [0.2, 0.25) is 0 Å². The molecule has 0 amide bonds. The van der Waals surface area contributed by atoms with Crippen molar-refractivity contribution in [3.8, 4) is 12.3 Å². The average molecular weight is 170 g/mol. The van der Waals surface area contributed by atoms with E-state index in [4.69, 9.17) is 6.42 Å². The predicted octanol–water partition coefficient (Wildman–Crippen LogP) is 1.90. The van der Waals surface area contributed by atoms with Crippen LogP contribution in [-0.2, 0) is 10.2 Å². The molecule has 0 saturated heterocycles. The van der Waals surface area contributed by atoms with Crippen LogP contribution in [0, 0.1) is 12.3 Å². The van der Waals surface area contributed by atoms with E-state index in [0.717, 1.165) is 30.3 Å². The van der Waals surface area contributed by atoms with Gasteiger partial charge in [0.25, 0.3) is 0 Å². The summed E-state index contributed by atoms with van der Waals surface area (Å²) < 4.78 is 0. The molecule has 0 spiro atoms. The van der Waals surface area contributed by atoms with Crippen LogP contribution in [0.5, 0.6) is 0 Å². The molecule has 0 N–H and O–H groups in total. The van der Waals surface area contributed by atoms with Gasteiger partial charge in [-0.1, -0.05) is 24.1 Å². The summed E-state index contributed by atoms with van der Waals surface area (Å²) in [6.07, 6.45) is 8.27.